The summed E-state index contributed by atoms with van der Waals surface area (Å²) in [6.45, 7) is 0. The smallest absolute Gasteiger partial charge is 0.0645 e. The Labute approximate surface area is 271 Å². The Balaban J connectivity index is 1.37. The molecule has 0 amide bonds. The topological polar surface area (TPSA) is 9.86 Å². The second-order valence-electron chi connectivity index (χ2n) is 11.8. The Morgan fingerprint density at radius 3 is 1.83 bits per heavy atom. The van der Waals surface area contributed by atoms with Crippen LogP contribution < -0.4 is 0 Å². The minimum Gasteiger partial charge on any atom is -0.309 e. The fraction of sp³-hybridized carbons (Fsp3) is 0. The van der Waals surface area contributed by atoms with E-state index in [-0.39, 0.29) is 29.9 Å². The molecule has 0 N–H and O–H groups in total. The molecule has 10 rings (SSSR count). The Morgan fingerprint density at radius 1 is 0.370 bits per heavy atom. The number of fused-ring (bicyclic) bond motifs is 9. The zero-order valence-corrected chi connectivity index (χ0v) is 24.8. The summed E-state index contributed by atoms with van der Waals surface area (Å²) in [6, 6.07) is 49.0. The molecule has 0 radical (unpaired) electrons. The van der Waals surface area contributed by atoms with Crippen molar-refractivity contribution < 1.29 is 5.48 Å². The van der Waals surface area contributed by atoms with E-state index >= 15 is 0 Å². The predicted octanol–water partition coefficient (Wildman–Crippen LogP) is 11.9. The number of hydrogen-bond acceptors (Lipinski definition) is 0. The second kappa shape index (κ2) is 9.69. The van der Waals surface area contributed by atoms with Gasteiger partial charge in [-0.05, 0) is 81.2 Å². The van der Waals surface area contributed by atoms with E-state index < -0.39 is 0 Å². The zero-order valence-electron chi connectivity index (χ0n) is 28.8. The summed E-state index contributed by atoms with van der Waals surface area (Å²) in [5.41, 5.74) is 6.01. The van der Waals surface area contributed by atoms with Crippen molar-refractivity contribution in [2.75, 3.05) is 0 Å². The summed E-state index contributed by atoms with van der Waals surface area (Å²) in [5.74, 6) is 0. The largest absolute Gasteiger partial charge is 0.309 e. The Bertz CT molecular complexity index is 2990. The summed E-state index contributed by atoms with van der Waals surface area (Å²) in [6.07, 6.45) is 0. The first-order chi connectivity index (χ1) is 24.5. The monoisotopic (exact) mass is 588 g/mol. The molecular weight excluding hydrogens is 556 g/mol. The van der Waals surface area contributed by atoms with Gasteiger partial charge < -0.3 is 9.13 Å². The number of aromatic nitrogens is 2. The van der Waals surface area contributed by atoms with Crippen LogP contribution >= 0.6 is 0 Å². The zero-order chi connectivity index (χ0) is 33.7. The van der Waals surface area contributed by atoms with Gasteiger partial charge in [-0.3, -0.25) is 0 Å². The van der Waals surface area contributed by atoms with Crippen LogP contribution in [0.25, 0.3) is 87.7 Å². The minimum atomic E-state index is -0.0791. The number of hydrogen-bond donors (Lipinski definition) is 0. The molecule has 2 nitrogen and oxygen atoms in total. The van der Waals surface area contributed by atoms with Gasteiger partial charge in [-0.25, -0.2) is 0 Å². The predicted molar refractivity (Wildman–Crippen MR) is 196 cm³/mol. The van der Waals surface area contributed by atoms with Crippen LogP contribution in [0.2, 0.25) is 0 Å². The molecule has 0 spiro atoms. The van der Waals surface area contributed by atoms with Crippen molar-refractivity contribution in [3.8, 4) is 22.5 Å². The van der Waals surface area contributed by atoms with Gasteiger partial charge in [0.25, 0.3) is 0 Å². The van der Waals surface area contributed by atoms with Crippen molar-refractivity contribution in [1.29, 1.82) is 0 Å². The van der Waals surface area contributed by atoms with Gasteiger partial charge in [0.1, 0.15) is 0 Å². The molecule has 0 bridgehead atoms. The van der Waals surface area contributed by atoms with Crippen LogP contribution in [0.4, 0.5) is 0 Å². The molecule has 0 saturated heterocycles. The van der Waals surface area contributed by atoms with Crippen LogP contribution in [0.15, 0.2) is 170 Å². The fourth-order valence-electron chi connectivity index (χ4n) is 7.34. The third kappa shape index (κ3) is 3.59. The van der Waals surface area contributed by atoms with Gasteiger partial charge in [0.15, 0.2) is 0 Å². The molecule has 10 aromatic rings. The average Bonchev–Trinajstić information content (AvgIpc) is 3.66. The number of nitrogens with zero attached hydrogens (tertiary/aromatic N) is 2. The minimum absolute atomic E-state index is 0.0624. The van der Waals surface area contributed by atoms with Crippen molar-refractivity contribution in [2.24, 2.45) is 0 Å². The summed E-state index contributed by atoms with van der Waals surface area (Å²) in [5, 5.41) is 8.30. The van der Waals surface area contributed by atoms with E-state index in [0.29, 0.717) is 11.1 Å². The van der Waals surface area contributed by atoms with E-state index in [1.165, 1.54) is 0 Å². The molecular formula is C44H28N2. The summed E-state index contributed by atoms with van der Waals surface area (Å²) < 4.78 is 42.0. The first-order valence-corrected chi connectivity index (χ1v) is 15.5. The van der Waals surface area contributed by atoms with Crippen LogP contribution in [0.5, 0.6) is 0 Å². The quantitative estimate of drug-likeness (QED) is 0.194. The molecule has 0 fully saturated rings. The van der Waals surface area contributed by atoms with E-state index in [2.05, 4.69) is 77.4 Å². The summed E-state index contributed by atoms with van der Waals surface area (Å²) in [7, 11) is 0. The lowest BCUT2D eigenvalue weighted by atomic mass is 9.98. The highest BCUT2D eigenvalue weighted by molar-refractivity contribution is 6.25. The molecule has 2 heterocycles. The molecule has 214 valence electrons. The van der Waals surface area contributed by atoms with Gasteiger partial charge in [-0.1, -0.05) is 121 Å². The highest BCUT2D eigenvalue weighted by atomic mass is 15.0. The number of rotatable bonds is 3. The molecule has 46 heavy (non-hydrogen) atoms. The van der Waals surface area contributed by atoms with Crippen molar-refractivity contribution >= 4 is 65.2 Å². The lowest BCUT2D eigenvalue weighted by Gasteiger charge is -2.12. The Hall–Kier alpha value is -6.12. The molecule has 8 aromatic carbocycles. The lowest BCUT2D eigenvalue weighted by Crippen LogP contribution is -1.96. The van der Waals surface area contributed by atoms with Gasteiger partial charge in [0.05, 0.1) is 27.5 Å². The summed E-state index contributed by atoms with van der Waals surface area (Å²) in [4.78, 5) is 0. The van der Waals surface area contributed by atoms with E-state index in [1.54, 1.807) is 0 Å². The fourth-order valence-corrected chi connectivity index (χ4v) is 7.34. The Kier molecular flexibility index (Phi) is 4.54. The molecule has 0 aliphatic heterocycles. The summed E-state index contributed by atoms with van der Waals surface area (Å²) >= 11 is 0. The molecule has 0 atom stereocenters. The van der Waals surface area contributed by atoms with Crippen LogP contribution in [0.1, 0.15) is 5.48 Å². The molecule has 2 aromatic heterocycles. The molecule has 0 saturated carbocycles. The molecule has 0 aliphatic rings. The van der Waals surface area contributed by atoms with Crippen molar-refractivity contribution in [2.45, 2.75) is 0 Å². The van der Waals surface area contributed by atoms with Gasteiger partial charge >= 0.3 is 0 Å². The average molecular weight is 589 g/mol. The first kappa shape index (κ1) is 21.6. The van der Waals surface area contributed by atoms with Crippen LogP contribution in [-0.2, 0) is 0 Å². The van der Waals surface area contributed by atoms with Crippen LogP contribution in [0.3, 0.4) is 0 Å². The van der Waals surface area contributed by atoms with Crippen molar-refractivity contribution in [3.05, 3.63) is 170 Å². The highest BCUT2D eigenvalue weighted by Gasteiger charge is 2.20. The van der Waals surface area contributed by atoms with Gasteiger partial charge in [-0.2, -0.15) is 0 Å². The lowest BCUT2D eigenvalue weighted by molar-refractivity contribution is 1.16. The van der Waals surface area contributed by atoms with E-state index in [9.17, 15) is 5.48 Å². The van der Waals surface area contributed by atoms with Gasteiger partial charge in [0.2, 0.25) is 0 Å². The number of para-hydroxylation sites is 2. The van der Waals surface area contributed by atoms with Gasteiger partial charge in [-0.15, -0.1) is 0 Å². The van der Waals surface area contributed by atoms with E-state index in [4.69, 9.17) is 0 Å². The highest BCUT2D eigenvalue weighted by Crippen LogP contribution is 2.42. The SMILES string of the molecule is [2H]c1c([2H])c(-n2c3cc4c(cc3c3c5ccccc5ccc32)c2ccccc2n4-c2ccccc2)c([2H])c([2H])c1-c1cccc2ccccc12. The van der Waals surface area contributed by atoms with Crippen molar-refractivity contribution in [1.82, 2.24) is 9.13 Å². The number of benzene rings is 8. The van der Waals surface area contributed by atoms with Crippen molar-refractivity contribution in [3.63, 3.8) is 0 Å². The normalized spacial score (nSPS) is 13.1. The third-order valence-electron chi connectivity index (χ3n) is 9.36. The van der Waals surface area contributed by atoms with Gasteiger partial charge in [0, 0.05) is 32.9 Å². The Morgan fingerprint density at radius 2 is 1.00 bits per heavy atom. The maximum atomic E-state index is 9.53. The molecule has 0 unspecified atom stereocenters. The third-order valence-corrected chi connectivity index (χ3v) is 9.36. The maximum absolute atomic E-state index is 9.53. The maximum Gasteiger partial charge on any atom is 0.0645 e. The molecule has 0 aliphatic carbocycles. The first-order valence-electron chi connectivity index (χ1n) is 17.5. The molecule has 2 heteroatoms. The van der Waals surface area contributed by atoms with E-state index in [1.807, 2.05) is 77.4 Å². The van der Waals surface area contributed by atoms with E-state index in [0.717, 1.165) is 70.8 Å². The second-order valence-corrected chi connectivity index (χ2v) is 11.8. The van der Waals surface area contributed by atoms with Crippen LogP contribution in [-0.4, -0.2) is 9.13 Å². The standard InChI is InChI=1S/C44H28N2/c1-2-14-32(15-3-1)45-40-20-9-8-18-37(40)38-27-39-43(28-42(38)45)46(41-26-23-30-12-5-7-17-36(30)44(39)41)33-24-21-31(22-25-33)35-19-10-13-29-11-4-6-16-34(29)35/h1-28H/i21D,22D,24D,25D. The van der Waals surface area contributed by atoms with Crippen LogP contribution in [0, 0.1) is 0 Å².